The zero-order valence-corrected chi connectivity index (χ0v) is 27.9. The zero-order valence-electron chi connectivity index (χ0n) is 26.2. The maximum absolute atomic E-state index is 14.2. The second kappa shape index (κ2) is 12.0. The molecule has 1 N–H and O–H groups in total. The van der Waals surface area contributed by atoms with Gasteiger partial charge in [0.1, 0.15) is 6.10 Å². The van der Waals surface area contributed by atoms with E-state index in [0.717, 1.165) is 36.7 Å². The molecule has 42 heavy (non-hydrogen) atoms. The zero-order chi connectivity index (χ0) is 31.3. The Morgan fingerprint density at radius 3 is 2.26 bits per heavy atom. The number of ketones is 1. The van der Waals surface area contributed by atoms with Crippen LogP contribution in [0.3, 0.4) is 0 Å². The van der Waals surface area contributed by atoms with Crippen molar-refractivity contribution < 1.29 is 27.5 Å². The molecule has 0 radical (unpaired) electrons. The third kappa shape index (κ3) is 5.53. The van der Waals surface area contributed by atoms with Crippen LogP contribution in [0.5, 0.6) is 0 Å². The predicted molar refractivity (Wildman–Crippen MR) is 167 cm³/mol. The van der Waals surface area contributed by atoms with Crippen molar-refractivity contribution in [2.24, 2.45) is 40.4 Å². The Bertz CT molecular complexity index is 1230. The molecular weight excluding hydrogens is 572 g/mol. The number of sulfonamides is 1. The Hall–Kier alpha value is -1.65. The molecule has 236 valence electrons. The molecular formula is C32H50N2O6S2. The number of amides is 2. The number of hydrogen-bond acceptors (Lipinski definition) is 7. The minimum Gasteiger partial charge on any atom is -0.445 e. The van der Waals surface area contributed by atoms with Crippen molar-refractivity contribution in [2.45, 2.75) is 96.8 Å². The molecule has 8 nitrogen and oxygen atoms in total. The minimum atomic E-state index is -3.54. The smallest absolute Gasteiger partial charge is 0.414 e. The number of hydrogen-bond donors (Lipinski definition) is 1. The van der Waals surface area contributed by atoms with Gasteiger partial charge in [-0.05, 0) is 87.7 Å². The van der Waals surface area contributed by atoms with E-state index in [2.05, 4.69) is 53.1 Å². The quantitative estimate of drug-likeness (QED) is 0.378. The summed E-state index contributed by atoms with van der Waals surface area (Å²) in [5.74, 6) is -0.288. The highest BCUT2D eigenvalue weighted by Crippen LogP contribution is 2.68. The van der Waals surface area contributed by atoms with Gasteiger partial charge in [0.25, 0.3) is 0 Å². The molecule has 4 aliphatic rings. The number of nitrogens with zero attached hydrogens (tertiary/aromatic N) is 1. The number of imide groups is 1. The van der Waals surface area contributed by atoms with E-state index in [4.69, 9.17) is 4.74 Å². The first-order valence-electron chi connectivity index (χ1n) is 15.5. The number of thioether (sulfide) groups is 1. The van der Waals surface area contributed by atoms with Crippen molar-refractivity contribution in [1.29, 1.82) is 0 Å². The Morgan fingerprint density at radius 1 is 1.05 bits per heavy atom. The van der Waals surface area contributed by atoms with Gasteiger partial charge in [0.15, 0.2) is 5.78 Å². The van der Waals surface area contributed by atoms with Crippen LogP contribution < -0.4 is 5.32 Å². The molecule has 2 bridgehead atoms. The number of alkyl carbamates (subject to hydrolysis) is 1. The van der Waals surface area contributed by atoms with E-state index < -0.39 is 44.2 Å². The van der Waals surface area contributed by atoms with Gasteiger partial charge in [0.2, 0.25) is 15.9 Å². The molecule has 0 aromatic carbocycles. The van der Waals surface area contributed by atoms with Gasteiger partial charge in [-0.25, -0.2) is 13.2 Å². The fourth-order valence-electron chi connectivity index (χ4n) is 9.16. The van der Waals surface area contributed by atoms with E-state index in [9.17, 15) is 22.8 Å². The molecule has 3 aliphatic carbocycles. The van der Waals surface area contributed by atoms with Crippen molar-refractivity contribution in [3.05, 3.63) is 24.1 Å². The predicted octanol–water partition coefficient (Wildman–Crippen LogP) is 5.94. The van der Waals surface area contributed by atoms with Crippen molar-refractivity contribution in [2.75, 3.05) is 19.3 Å². The fraction of sp³-hybridized carbons (Fsp3) is 0.781. The van der Waals surface area contributed by atoms with Crippen molar-refractivity contribution in [3.63, 3.8) is 0 Å². The Balaban J connectivity index is 1.61. The van der Waals surface area contributed by atoms with Crippen LogP contribution in [-0.2, 0) is 24.3 Å². The van der Waals surface area contributed by atoms with Gasteiger partial charge in [-0.1, -0.05) is 46.4 Å². The van der Waals surface area contributed by atoms with Gasteiger partial charge in [-0.3, -0.25) is 14.9 Å². The van der Waals surface area contributed by atoms with Gasteiger partial charge in [0, 0.05) is 35.7 Å². The number of carbonyl (C=O) groups excluding carboxylic acids is 3. The minimum absolute atomic E-state index is 0.0590. The molecule has 4 rings (SSSR count). The highest BCUT2D eigenvalue weighted by Gasteiger charge is 2.65. The molecule has 8 atom stereocenters. The lowest BCUT2D eigenvalue weighted by molar-refractivity contribution is -0.143. The lowest BCUT2D eigenvalue weighted by atomic mass is 9.46. The summed E-state index contributed by atoms with van der Waals surface area (Å²) in [6.45, 7) is 19.1. The van der Waals surface area contributed by atoms with E-state index in [1.807, 2.05) is 6.26 Å². The maximum Gasteiger partial charge on any atom is 0.414 e. The molecule has 1 saturated heterocycles. The largest absolute Gasteiger partial charge is 0.445 e. The second-order valence-electron chi connectivity index (χ2n) is 13.9. The van der Waals surface area contributed by atoms with E-state index in [0.29, 0.717) is 37.4 Å². The first-order chi connectivity index (χ1) is 19.6. The Labute approximate surface area is 256 Å². The van der Waals surface area contributed by atoms with Gasteiger partial charge in [-0.15, -0.1) is 0 Å². The van der Waals surface area contributed by atoms with Crippen LogP contribution in [0.15, 0.2) is 24.1 Å². The number of Topliss-reactive ketones (excluding diaryl/α,β-unsaturated/α-hetero) is 1. The average molecular weight is 623 g/mol. The first kappa shape index (κ1) is 33.2. The molecule has 1 aliphatic heterocycles. The van der Waals surface area contributed by atoms with Gasteiger partial charge >= 0.3 is 6.09 Å². The number of piperidine rings is 1. The van der Waals surface area contributed by atoms with E-state index in [-0.39, 0.29) is 36.3 Å². The molecule has 4 fully saturated rings. The fourth-order valence-corrected chi connectivity index (χ4v) is 10.8. The Morgan fingerprint density at radius 2 is 1.67 bits per heavy atom. The average Bonchev–Trinajstić information content (AvgIpc) is 3.33. The molecule has 1 heterocycles. The maximum atomic E-state index is 14.2. The van der Waals surface area contributed by atoms with Crippen LogP contribution in [0, 0.1) is 40.4 Å². The van der Waals surface area contributed by atoms with Crippen LogP contribution in [-0.4, -0.2) is 60.7 Å². The summed E-state index contributed by atoms with van der Waals surface area (Å²) in [7, 11) is -3.54. The standard InChI is InChI=1S/C32H50N2O6S2/c1-9-42(38,39)34-18-13-24(14-19-34)28(36)33-29(37)40-27-21(3)10-15-30(6,41-8)26(35)23(5)32-16-11-20(2)25(32)31(27,7)22(4)12-17-32/h9,20-21,23-25,27H,1,4,10-19H2,2-3,5-8H3,(H,33,36,37)/t20-,21-,23+,25?,27-,30-,31?,32?/m1/s1. The van der Waals surface area contributed by atoms with Crippen LogP contribution in [0.2, 0.25) is 0 Å². The van der Waals surface area contributed by atoms with E-state index in [1.54, 1.807) is 11.8 Å². The third-order valence-corrected chi connectivity index (χ3v) is 14.6. The summed E-state index contributed by atoms with van der Waals surface area (Å²) < 4.78 is 31.3. The van der Waals surface area contributed by atoms with E-state index in [1.165, 1.54) is 4.31 Å². The normalized spacial score (nSPS) is 40.2. The van der Waals surface area contributed by atoms with E-state index >= 15 is 0 Å². The highest BCUT2D eigenvalue weighted by molar-refractivity contribution is 8.00. The van der Waals surface area contributed by atoms with Gasteiger partial charge in [-0.2, -0.15) is 16.1 Å². The summed E-state index contributed by atoms with van der Waals surface area (Å²) in [6, 6.07) is 0. The van der Waals surface area contributed by atoms with Crippen molar-refractivity contribution >= 4 is 39.6 Å². The topological polar surface area (TPSA) is 110 Å². The molecule has 0 spiro atoms. The summed E-state index contributed by atoms with van der Waals surface area (Å²) in [6.07, 6.45) is 6.48. The van der Waals surface area contributed by atoms with Crippen molar-refractivity contribution in [1.82, 2.24) is 9.62 Å². The number of rotatable bonds is 5. The number of carbonyl (C=O) groups is 3. The van der Waals surface area contributed by atoms with Crippen LogP contribution in [0.4, 0.5) is 4.79 Å². The van der Waals surface area contributed by atoms with Crippen LogP contribution in [0.25, 0.3) is 0 Å². The lowest BCUT2D eigenvalue weighted by Gasteiger charge is -2.59. The number of nitrogens with one attached hydrogen (secondary N) is 1. The third-order valence-electron chi connectivity index (χ3n) is 11.8. The molecule has 10 heteroatoms. The molecule has 3 unspecified atom stereocenters. The molecule has 2 amide bonds. The highest BCUT2D eigenvalue weighted by atomic mass is 32.2. The lowest BCUT2D eigenvalue weighted by Crippen LogP contribution is -2.59. The monoisotopic (exact) mass is 622 g/mol. The second-order valence-corrected chi connectivity index (χ2v) is 17.0. The van der Waals surface area contributed by atoms with Gasteiger partial charge in [0.05, 0.1) is 4.75 Å². The SMILES string of the molecule is C=CS(=O)(=O)N1CCC(C(=O)NC(=O)O[C@@H]2[C@H](C)CC[C@@](C)(SC)C(=O)[C@H](C)C34CCC(=C)C2(C)C3[C@H](C)CC4)CC1. The number of ether oxygens (including phenoxy) is 1. The van der Waals surface area contributed by atoms with Crippen LogP contribution in [0.1, 0.15) is 86.0 Å². The molecule has 0 aromatic heterocycles. The van der Waals surface area contributed by atoms with Crippen molar-refractivity contribution in [3.8, 4) is 0 Å². The summed E-state index contributed by atoms with van der Waals surface area (Å²) >= 11 is 1.63. The summed E-state index contributed by atoms with van der Waals surface area (Å²) in [5, 5.41) is 3.41. The molecule has 0 aromatic rings. The van der Waals surface area contributed by atoms with Crippen LogP contribution >= 0.6 is 11.8 Å². The van der Waals surface area contributed by atoms with Gasteiger partial charge < -0.3 is 4.74 Å². The Kier molecular flexibility index (Phi) is 9.53. The summed E-state index contributed by atoms with van der Waals surface area (Å²) in [4.78, 5) is 40.7. The molecule has 3 saturated carbocycles. The summed E-state index contributed by atoms with van der Waals surface area (Å²) in [5.41, 5.74) is 0.338. The first-order valence-corrected chi connectivity index (χ1v) is 18.2.